The van der Waals surface area contributed by atoms with Gasteiger partial charge in [-0.05, 0) is 31.5 Å². The normalized spacial score (nSPS) is 11.9. The molecule has 0 aliphatic rings. The van der Waals surface area contributed by atoms with Crippen LogP contribution >= 0.6 is 11.6 Å². The van der Waals surface area contributed by atoms with E-state index in [1.807, 2.05) is 6.07 Å². The summed E-state index contributed by atoms with van der Waals surface area (Å²) in [5, 5.41) is 13.7. The number of sulfonamides is 1. The van der Waals surface area contributed by atoms with Crippen molar-refractivity contribution in [3.63, 3.8) is 0 Å². The van der Waals surface area contributed by atoms with E-state index in [9.17, 15) is 8.42 Å². The fourth-order valence-electron chi connectivity index (χ4n) is 2.69. The summed E-state index contributed by atoms with van der Waals surface area (Å²) >= 11 is 6.15. The highest BCUT2D eigenvalue weighted by Gasteiger charge is 2.17. The minimum atomic E-state index is -3.56. The van der Waals surface area contributed by atoms with Crippen molar-refractivity contribution in [2.45, 2.75) is 30.6 Å². The zero-order chi connectivity index (χ0) is 18.1. The molecule has 0 radical (unpaired) electrons. The molecule has 0 aliphatic heterocycles. The number of fused-ring (bicyclic) bond motifs is 1. The van der Waals surface area contributed by atoms with Gasteiger partial charge in [-0.1, -0.05) is 48.7 Å². The van der Waals surface area contributed by atoms with Crippen LogP contribution in [0.3, 0.4) is 0 Å². The number of unbranched alkanes of at least 4 members (excludes halogenated alkanes) is 3. The Bertz CT molecular complexity index is 781. The van der Waals surface area contributed by atoms with Gasteiger partial charge < -0.3 is 10.4 Å². The Hall–Kier alpha value is -1.18. The molecule has 0 heterocycles. The molecule has 138 valence electrons. The SMILES string of the molecule is O=S(=O)(NCCCCCCNCCO)c1cccc2c(Cl)cccc12. The van der Waals surface area contributed by atoms with Crippen molar-refractivity contribution in [1.82, 2.24) is 10.0 Å². The van der Waals surface area contributed by atoms with Gasteiger partial charge in [0.2, 0.25) is 10.0 Å². The summed E-state index contributed by atoms with van der Waals surface area (Å²) < 4.78 is 27.8. The van der Waals surface area contributed by atoms with Gasteiger partial charge in [-0.2, -0.15) is 0 Å². The van der Waals surface area contributed by atoms with E-state index in [1.165, 1.54) is 0 Å². The maximum Gasteiger partial charge on any atom is 0.241 e. The third kappa shape index (κ3) is 5.94. The maximum atomic E-state index is 12.6. The second-order valence-electron chi connectivity index (χ2n) is 5.88. The Kier molecular flexibility index (Phi) is 8.12. The Balaban J connectivity index is 1.85. The van der Waals surface area contributed by atoms with E-state index in [0.29, 0.717) is 23.5 Å². The molecule has 0 unspecified atom stereocenters. The van der Waals surface area contributed by atoms with Crippen LogP contribution in [0.15, 0.2) is 41.3 Å². The van der Waals surface area contributed by atoms with Crippen LogP contribution in [0.25, 0.3) is 10.8 Å². The molecule has 0 fully saturated rings. The predicted molar refractivity (Wildman–Crippen MR) is 103 cm³/mol. The Morgan fingerprint density at radius 3 is 2.32 bits per heavy atom. The van der Waals surface area contributed by atoms with Gasteiger partial charge in [-0.25, -0.2) is 13.1 Å². The highest BCUT2D eigenvalue weighted by molar-refractivity contribution is 7.89. The van der Waals surface area contributed by atoms with Crippen LogP contribution in [0.5, 0.6) is 0 Å². The molecule has 0 saturated carbocycles. The summed E-state index contributed by atoms with van der Waals surface area (Å²) in [5.41, 5.74) is 0. The molecule has 2 aromatic rings. The summed E-state index contributed by atoms with van der Waals surface area (Å²) in [6.45, 7) is 2.07. The van der Waals surface area contributed by atoms with E-state index in [1.54, 1.807) is 30.3 Å². The summed E-state index contributed by atoms with van der Waals surface area (Å²) in [6.07, 6.45) is 3.81. The average molecular weight is 385 g/mol. The Morgan fingerprint density at radius 1 is 0.880 bits per heavy atom. The number of rotatable bonds is 11. The van der Waals surface area contributed by atoms with Crippen LogP contribution in [0.1, 0.15) is 25.7 Å². The van der Waals surface area contributed by atoms with E-state index in [4.69, 9.17) is 16.7 Å². The van der Waals surface area contributed by atoms with Crippen molar-refractivity contribution in [3.05, 3.63) is 41.4 Å². The number of aliphatic hydroxyl groups is 1. The first-order valence-electron chi connectivity index (χ1n) is 8.55. The number of hydrogen-bond donors (Lipinski definition) is 3. The van der Waals surface area contributed by atoms with Crippen molar-refractivity contribution in [2.75, 3.05) is 26.2 Å². The van der Waals surface area contributed by atoms with Crippen LogP contribution in [-0.2, 0) is 10.0 Å². The predicted octanol–water partition coefficient (Wildman–Crippen LogP) is 2.91. The van der Waals surface area contributed by atoms with E-state index in [-0.39, 0.29) is 11.5 Å². The first-order chi connectivity index (χ1) is 12.1. The zero-order valence-electron chi connectivity index (χ0n) is 14.2. The van der Waals surface area contributed by atoms with Gasteiger partial charge in [0.25, 0.3) is 0 Å². The second-order valence-corrected chi connectivity index (χ2v) is 8.02. The van der Waals surface area contributed by atoms with Crippen LogP contribution in [0, 0.1) is 0 Å². The summed E-state index contributed by atoms with van der Waals surface area (Å²) in [6, 6.07) is 10.4. The quantitative estimate of drug-likeness (QED) is 0.520. The molecule has 25 heavy (non-hydrogen) atoms. The number of aliphatic hydroxyl groups excluding tert-OH is 1. The Morgan fingerprint density at radius 2 is 1.56 bits per heavy atom. The summed E-state index contributed by atoms with van der Waals surface area (Å²) in [7, 11) is -3.56. The summed E-state index contributed by atoms with van der Waals surface area (Å²) in [4.78, 5) is 0.265. The highest BCUT2D eigenvalue weighted by atomic mass is 35.5. The highest BCUT2D eigenvalue weighted by Crippen LogP contribution is 2.28. The van der Waals surface area contributed by atoms with Crippen molar-refractivity contribution >= 4 is 32.4 Å². The fraction of sp³-hybridized carbons (Fsp3) is 0.444. The topological polar surface area (TPSA) is 78.4 Å². The van der Waals surface area contributed by atoms with Crippen LogP contribution in [0.2, 0.25) is 5.02 Å². The van der Waals surface area contributed by atoms with Gasteiger partial charge in [-0.3, -0.25) is 0 Å². The molecule has 0 atom stereocenters. The molecule has 2 aromatic carbocycles. The lowest BCUT2D eigenvalue weighted by Crippen LogP contribution is -2.25. The van der Waals surface area contributed by atoms with Gasteiger partial charge in [0.1, 0.15) is 0 Å². The third-order valence-electron chi connectivity index (χ3n) is 3.98. The molecule has 2 rings (SSSR count). The second kappa shape index (κ2) is 10.1. The largest absolute Gasteiger partial charge is 0.395 e. The molecule has 0 spiro atoms. The molecule has 0 amide bonds. The van der Waals surface area contributed by atoms with Crippen LogP contribution < -0.4 is 10.0 Å². The number of benzene rings is 2. The lowest BCUT2D eigenvalue weighted by atomic mass is 10.1. The molecule has 0 saturated heterocycles. The fourth-order valence-corrected chi connectivity index (χ4v) is 4.23. The molecule has 0 bridgehead atoms. The van der Waals surface area contributed by atoms with Gasteiger partial charge in [-0.15, -0.1) is 0 Å². The standard InChI is InChI=1S/C18H25ClN2O3S/c19-17-9-5-8-16-15(17)7-6-10-18(16)25(23,24)21-12-4-2-1-3-11-20-13-14-22/h5-10,20-22H,1-4,11-14H2. The Labute approximate surface area is 154 Å². The van der Waals surface area contributed by atoms with Gasteiger partial charge >= 0.3 is 0 Å². The van der Waals surface area contributed by atoms with Gasteiger partial charge in [0, 0.05) is 28.9 Å². The molecular formula is C18H25ClN2O3S. The van der Waals surface area contributed by atoms with Crippen LogP contribution in [0.4, 0.5) is 0 Å². The van der Waals surface area contributed by atoms with Gasteiger partial charge in [0.15, 0.2) is 0 Å². The van der Waals surface area contributed by atoms with E-state index in [0.717, 1.165) is 37.6 Å². The molecule has 0 aromatic heterocycles. The number of halogens is 1. The smallest absolute Gasteiger partial charge is 0.241 e. The monoisotopic (exact) mass is 384 g/mol. The van der Waals surface area contributed by atoms with E-state index in [2.05, 4.69) is 10.0 Å². The molecule has 7 heteroatoms. The minimum Gasteiger partial charge on any atom is -0.395 e. The van der Waals surface area contributed by atoms with Gasteiger partial charge in [0.05, 0.1) is 11.5 Å². The van der Waals surface area contributed by atoms with Crippen molar-refractivity contribution in [3.8, 4) is 0 Å². The number of hydrogen-bond acceptors (Lipinski definition) is 4. The molecular weight excluding hydrogens is 360 g/mol. The van der Waals surface area contributed by atoms with Crippen LogP contribution in [-0.4, -0.2) is 39.8 Å². The molecule has 5 nitrogen and oxygen atoms in total. The third-order valence-corrected chi connectivity index (χ3v) is 5.83. The lowest BCUT2D eigenvalue weighted by molar-refractivity contribution is 0.292. The van der Waals surface area contributed by atoms with Crippen molar-refractivity contribution < 1.29 is 13.5 Å². The average Bonchev–Trinajstić information content (AvgIpc) is 2.60. The van der Waals surface area contributed by atoms with E-state index < -0.39 is 10.0 Å². The van der Waals surface area contributed by atoms with Crippen molar-refractivity contribution in [2.24, 2.45) is 0 Å². The van der Waals surface area contributed by atoms with Crippen molar-refractivity contribution in [1.29, 1.82) is 0 Å². The maximum absolute atomic E-state index is 12.6. The first kappa shape index (κ1) is 20.1. The number of nitrogens with one attached hydrogen (secondary N) is 2. The first-order valence-corrected chi connectivity index (χ1v) is 10.4. The molecule has 0 aliphatic carbocycles. The molecule has 3 N–H and O–H groups in total. The summed E-state index contributed by atoms with van der Waals surface area (Å²) in [5.74, 6) is 0. The lowest BCUT2D eigenvalue weighted by Gasteiger charge is -2.10. The minimum absolute atomic E-state index is 0.154. The van der Waals surface area contributed by atoms with E-state index >= 15 is 0 Å². The zero-order valence-corrected chi connectivity index (χ0v) is 15.7.